The Bertz CT molecular complexity index is 1330. The standard InChI is InChI=1S/C20H19F3N4O5S3/c1-27(19(24)30)8-14-18(34-17(9-28)25-14)15-10-33-16(26-15)7-12(29)6-11-2-4-13(5-3-11)35(31,32)20(21,22)23/h2-5,10,28H,6-9H2,1H3,(H2,24,30). The van der Waals surface area contributed by atoms with Crippen molar-refractivity contribution in [2.24, 2.45) is 5.73 Å². The highest BCUT2D eigenvalue weighted by molar-refractivity contribution is 7.92. The fourth-order valence-corrected chi connectivity index (χ4v) is 5.50. The lowest BCUT2D eigenvalue weighted by atomic mass is 10.1. The summed E-state index contributed by atoms with van der Waals surface area (Å²) in [5.74, 6) is -0.272. The molecule has 0 aliphatic carbocycles. The Kier molecular flexibility index (Phi) is 7.93. The third-order valence-corrected chi connectivity index (χ3v) is 8.17. The van der Waals surface area contributed by atoms with Crippen LogP contribution in [0, 0.1) is 0 Å². The van der Waals surface area contributed by atoms with E-state index in [0.717, 1.165) is 12.1 Å². The van der Waals surface area contributed by atoms with Crippen molar-refractivity contribution in [3.05, 3.63) is 50.9 Å². The third kappa shape index (κ3) is 6.22. The van der Waals surface area contributed by atoms with Gasteiger partial charge in [-0.1, -0.05) is 12.1 Å². The van der Waals surface area contributed by atoms with Crippen LogP contribution >= 0.6 is 22.7 Å². The monoisotopic (exact) mass is 548 g/mol. The molecule has 35 heavy (non-hydrogen) atoms. The molecule has 15 heteroatoms. The number of hydrogen-bond acceptors (Lipinski definition) is 9. The van der Waals surface area contributed by atoms with Crippen molar-refractivity contribution in [1.82, 2.24) is 14.9 Å². The van der Waals surface area contributed by atoms with Gasteiger partial charge in [0.05, 0.1) is 40.7 Å². The van der Waals surface area contributed by atoms with E-state index in [-0.39, 0.29) is 31.8 Å². The van der Waals surface area contributed by atoms with Crippen LogP contribution in [0.1, 0.15) is 21.3 Å². The largest absolute Gasteiger partial charge is 0.501 e. The maximum absolute atomic E-state index is 12.7. The van der Waals surface area contributed by atoms with E-state index in [1.807, 2.05) is 0 Å². The molecule has 0 aliphatic rings. The van der Waals surface area contributed by atoms with E-state index >= 15 is 0 Å². The molecule has 2 aromatic heterocycles. The predicted molar refractivity (Wildman–Crippen MR) is 122 cm³/mol. The molecule has 2 amide bonds. The maximum Gasteiger partial charge on any atom is 0.501 e. The van der Waals surface area contributed by atoms with E-state index in [2.05, 4.69) is 9.97 Å². The molecular formula is C20H19F3N4O5S3. The second-order valence-electron chi connectivity index (χ2n) is 7.35. The van der Waals surface area contributed by atoms with Gasteiger partial charge in [0, 0.05) is 18.8 Å². The van der Waals surface area contributed by atoms with Crippen molar-refractivity contribution in [3.8, 4) is 10.6 Å². The molecule has 0 atom stereocenters. The van der Waals surface area contributed by atoms with Crippen LogP contribution in [0.3, 0.4) is 0 Å². The van der Waals surface area contributed by atoms with Gasteiger partial charge in [0.15, 0.2) is 0 Å². The first-order chi connectivity index (χ1) is 16.3. The van der Waals surface area contributed by atoms with Gasteiger partial charge in [-0.3, -0.25) is 4.79 Å². The highest BCUT2D eigenvalue weighted by Gasteiger charge is 2.46. The van der Waals surface area contributed by atoms with E-state index < -0.39 is 26.3 Å². The number of aliphatic hydroxyl groups is 1. The van der Waals surface area contributed by atoms with Crippen LogP contribution in [0.25, 0.3) is 10.6 Å². The molecule has 0 spiro atoms. The van der Waals surface area contributed by atoms with Crippen molar-refractivity contribution < 1.29 is 36.3 Å². The highest BCUT2D eigenvalue weighted by Crippen LogP contribution is 2.33. The molecule has 0 unspecified atom stereocenters. The summed E-state index contributed by atoms with van der Waals surface area (Å²) in [5, 5.41) is 12.0. The average molecular weight is 549 g/mol. The number of aliphatic hydroxyl groups excluding tert-OH is 1. The van der Waals surface area contributed by atoms with Crippen molar-refractivity contribution in [2.45, 2.75) is 36.4 Å². The van der Waals surface area contributed by atoms with E-state index in [1.54, 1.807) is 5.38 Å². The number of benzene rings is 1. The van der Waals surface area contributed by atoms with E-state index in [1.165, 1.54) is 46.8 Å². The summed E-state index contributed by atoms with van der Waals surface area (Å²) < 4.78 is 60.8. The Balaban J connectivity index is 1.70. The normalized spacial score (nSPS) is 12.0. The molecule has 0 saturated heterocycles. The summed E-state index contributed by atoms with van der Waals surface area (Å²) >= 11 is 2.41. The maximum atomic E-state index is 12.7. The zero-order valence-corrected chi connectivity index (χ0v) is 20.5. The number of ketones is 1. The second-order valence-corrected chi connectivity index (χ2v) is 11.3. The fraction of sp³-hybridized carbons (Fsp3) is 0.300. The molecule has 0 fully saturated rings. The van der Waals surface area contributed by atoms with Crippen LogP contribution in [0.5, 0.6) is 0 Å². The van der Waals surface area contributed by atoms with Gasteiger partial charge >= 0.3 is 11.5 Å². The molecule has 188 valence electrons. The zero-order valence-electron chi connectivity index (χ0n) is 18.1. The smallest absolute Gasteiger partial charge is 0.389 e. The number of halogens is 3. The molecule has 1 aromatic carbocycles. The Hall–Kier alpha value is -2.88. The minimum absolute atomic E-state index is 0.0462. The van der Waals surface area contributed by atoms with Crippen LogP contribution in [-0.4, -0.2) is 52.8 Å². The zero-order chi connectivity index (χ0) is 26.0. The summed E-state index contributed by atoms with van der Waals surface area (Å²) in [6.45, 7) is -0.191. The van der Waals surface area contributed by atoms with Crippen molar-refractivity contribution in [3.63, 3.8) is 0 Å². The van der Waals surface area contributed by atoms with Crippen LogP contribution in [0.15, 0.2) is 34.5 Å². The first kappa shape index (κ1) is 26.7. The summed E-state index contributed by atoms with van der Waals surface area (Å²) in [6, 6.07) is 3.32. The molecular weight excluding hydrogens is 529 g/mol. The number of rotatable bonds is 9. The molecule has 0 saturated carbocycles. The van der Waals surface area contributed by atoms with Crippen molar-refractivity contribution in [1.29, 1.82) is 0 Å². The summed E-state index contributed by atoms with van der Waals surface area (Å²) in [4.78, 5) is 33.6. The number of carbonyl (C=O) groups excluding carboxylic acids is 2. The number of nitrogens with zero attached hydrogens (tertiary/aromatic N) is 3. The number of carbonyl (C=O) groups is 2. The Morgan fingerprint density at radius 2 is 1.77 bits per heavy atom. The lowest BCUT2D eigenvalue weighted by Crippen LogP contribution is -2.31. The average Bonchev–Trinajstić information content (AvgIpc) is 3.39. The van der Waals surface area contributed by atoms with Gasteiger partial charge in [0.2, 0.25) is 0 Å². The number of thiazole rings is 2. The van der Waals surface area contributed by atoms with Crippen molar-refractivity contribution in [2.75, 3.05) is 7.05 Å². The number of alkyl halides is 3. The number of sulfone groups is 1. The van der Waals surface area contributed by atoms with E-state index in [4.69, 9.17) is 5.73 Å². The number of nitrogens with two attached hydrogens (primary N) is 1. The first-order valence-electron chi connectivity index (χ1n) is 9.78. The van der Waals surface area contributed by atoms with Gasteiger partial charge in [0.25, 0.3) is 9.84 Å². The molecule has 2 heterocycles. The Labute approximate surface area is 206 Å². The third-order valence-electron chi connectivity index (χ3n) is 4.71. The first-order valence-corrected chi connectivity index (χ1v) is 13.0. The quantitative estimate of drug-likeness (QED) is 0.418. The molecule has 3 N–H and O–H groups in total. The predicted octanol–water partition coefficient (Wildman–Crippen LogP) is 2.92. The second kappa shape index (κ2) is 10.4. The number of hydrogen-bond donors (Lipinski definition) is 2. The summed E-state index contributed by atoms with van der Waals surface area (Å²) in [7, 11) is -3.95. The van der Waals surface area contributed by atoms with Crippen LogP contribution in [0.2, 0.25) is 0 Å². The van der Waals surface area contributed by atoms with E-state index in [9.17, 15) is 36.3 Å². The minimum atomic E-state index is -5.45. The van der Waals surface area contributed by atoms with Crippen LogP contribution in [-0.2, 0) is 40.6 Å². The van der Waals surface area contributed by atoms with Gasteiger partial charge in [0.1, 0.15) is 15.8 Å². The lowest BCUT2D eigenvalue weighted by Gasteiger charge is -2.12. The van der Waals surface area contributed by atoms with Gasteiger partial charge in [-0.05, 0) is 17.7 Å². The van der Waals surface area contributed by atoms with E-state index in [0.29, 0.717) is 31.8 Å². The van der Waals surface area contributed by atoms with Crippen LogP contribution < -0.4 is 5.73 Å². The number of aromatic nitrogens is 2. The lowest BCUT2D eigenvalue weighted by molar-refractivity contribution is -0.117. The topological polar surface area (TPSA) is 144 Å². The summed E-state index contributed by atoms with van der Waals surface area (Å²) in [6.07, 6.45) is -0.166. The Morgan fingerprint density at radius 1 is 1.11 bits per heavy atom. The van der Waals surface area contributed by atoms with Crippen LogP contribution in [0.4, 0.5) is 18.0 Å². The molecule has 0 radical (unpaired) electrons. The number of urea groups is 1. The Morgan fingerprint density at radius 3 is 2.34 bits per heavy atom. The van der Waals surface area contributed by atoms with Gasteiger partial charge in [-0.2, -0.15) is 13.2 Å². The van der Waals surface area contributed by atoms with Gasteiger partial charge < -0.3 is 15.7 Å². The SMILES string of the molecule is CN(Cc1nc(CO)sc1-c1csc(CC(=O)Cc2ccc(S(=O)(=O)C(F)(F)F)cc2)n1)C(N)=O. The minimum Gasteiger partial charge on any atom is -0.389 e. The van der Waals surface area contributed by atoms with Gasteiger partial charge in [-0.15, -0.1) is 22.7 Å². The van der Waals surface area contributed by atoms with Crippen molar-refractivity contribution >= 4 is 44.3 Å². The molecule has 0 aliphatic heterocycles. The molecule has 3 rings (SSSR count). The molecule has 0 bridgehead atoms. The molecule has 9 nitrogen and oxygen atoms in total. The number of amides is 2. The molecule has 3 aromatic rings. The van der Waals surface area contributed by atoms with Gasteiger partial charge in [-0.25, -0.2) is 23.2 Å². The highest BCUT2D eigenvalue weighted by atomic mass is 32.2. The summed E-state index contributed by atoms with van der Waals surface area (Å²) in [5.41, 5.74) is 1.24. The number of primary amides is 1. The fourth-order valence-electron chi connectivity index (χ4n) is 2.95. The number of Topliss-reactive ketones (excluding diaryl/α,β-unsaturated/α-hetero) is 1.